The van der Waals surface area contributed by atoms with E-state index in [4.69, 9.17) is 0 Å². The Kier molecular flexibility index (Phi) is 7.03. The third kappa shape index (κ3) is 5.78. The normalized spacial score (nSPS) is 15.3. The average molecular weight is 444 g/mol. The van der Waals surface area contributed by atoms with E-state index < -0.39 is 35.6 Å². The maximum absolute atomic E-state index is 13.6. The number of alkyl halides is 3. The molecule has 2 aromatic carbocycles. The lowest BCUT2D eigenvalue weighted by Gasteiger charge is -2.31. The van der Waals surface area contributed by atoms with Crippen LogP contribution in [-0.2, 0) is 11.0 Å². The molecule has 2 aromatic rings. The molecule has 1 aliphatic carbocycles. The molecule has 1 saturated carbocycles. The highest BCUT2D eigenvalue weighted by Gasteiger charge is 2.35. The van der Waals surface area contributed by atoms with Crippen LogP contribution in [0.2, 0.25) is 0 Å². The number of amides is 2. The quantitative estimate of drug-likeness (QED) is 0.601. The van der Waals surface area contributed by atoms with Crippen LogP contribution in [0.4, 0.5) is 24.5 Å². The number of nitrogens with one attached hydrogen (secondary N) is 3. The van der Waals surface area contributed by atoms with Gasteiger partial charge in [-0.25, -0.2) is 0 Å². The minimum absolute atomic E-state index is 0.0215. The molecule has 0 saturated heterocycles. The number of hydrogen-bond acceptors (Lipinski definition) is 4. The Hall–Kier alpha value is -3.54. The summed E-state index contributed by atoms with van der Waals surface area (Å²) in [4.78, 5) is 24.6. The van der Waals surface area contributed by atoms with E-state index in [-0.39, 0.29) is 11.4 Å². The van der Waals surface area contributed by atoms with Crippen LogP contribution in [0.5, 0.6) is 0 Å². The number of rotatable bonds is 6. The minimum atomic E-state index is -4.70. The van der Waals surface area contributed by atoms with Gasteiger partial charge in [0.2, 0.25) is 5.91 Å². The highest BCUT2D eigenvalue weighted by molar-refractivity contribution is 6.04. The van der Waals surface area contributed by atoms with Gasteiger partial charge in [0.05, 0.1) is 18.2 Å². The molecule has 0 spiro atoms. The predicted molar refractivity (Wildman–Crippen MR) is 114 cm³/mol. The van der Waals surface area contributed by atoms with Crippen molar-refractivity contribution < 1.29 is 22.8 Å². The average Bonchev–Trinajstić information content (AvgIpc) is 2.78. The summed E-state index contributed by atoms with van der Waals surface area (Å²) in [5.74, 6) is -1.09. The Morgan fingerprint density at radius 2 is 1.72 bits per heavy atom. The van der Waals surface area contributed by atoms with Gasteiger partial charge >= 0.3 is 6.18 Å². The summed E-state index contributed by atoms with van der Waals surface area (Å²) in [6.07, 6.45) is -1.04. The molecule has 0 bridgehead atoms. The number of benzene rings is 2. The molecule has 2 amide bonds. The molecule has 168 valence electrons. The molecule has 1 aliphatic rings. The molecule has 1 fully saturated rings. The molecule has 0 aliphatic heterocycles. The van der Waals surface area contributed by atoms with Crippen molar-refractivity contribution in [3.8, 4) is 6.07 Å². The topological polar surface area (TPSA) is 94.0 Å². The largest absolute Gasteiger partial charge is 0.418 e. The first-order valence-corrected chi connectivity index (χ1v) is 10.3. The number of nitrogens with zero attached hydrogens (tertiary/aromatic N) is 1. The Bertz CT molecular complexity index is 1010. The van der Waals surface area contributed by atoms with Crippen molar-refractivity contribution in [3.63, 3.8) is 0 Å². The van der Waals surface area contributed by atoms with Crippen molar-refractivity contribution in [1.29, 1.82) is 5.26 Å². The van der Waals surface area contributed by atoms with Gasteiger partial charge in [-0.1, -0.05) is 37.5 Å². The Labute approximate surface area is 183 Å². The van der Waals surface area contributed by atoms with Gasteiger partial charge in [-0.15, -0.1) is 0 Å². The van der Waals surface area contributed by atoms with Crippen LogP contribution in [0.3, 0.4) is 0 Å². The monoisotopic (exact) mass is 444 g/mol. The van der Waals surface area contributed by atoms with Crippen LogP contribution in [-0.4, -0.2) is 23.9 Å². The molecule has 32 heavy (non-hydrogen) atoms. The number of nitriles is 1. The SMILES string of the molecule is N#CC1(NC(=O)CNc2ccc(NC(=O)c3ccccc3)cc2C(F)(F)F)CCCCC1. The summed E-state index contributed by atoms with van der Waals surface area (Å²) in [5.41, 5.74) is -1.97. The van der Waals surface area contributed by atoms with Gasteiger partial charge in [-0.05, 0) is 43.2 Å². The fraction of sp³-hybridized carbons (Fsp3) is 0.348. The molecule has 0 aromatic heterocycles. The summed E-state index contributed by atoms with van der Waals surface area (Å²) >= 11 is 0. The molecule has 0 radical (unpaired) electrons. The van der Waals surface area contributed by atoms with Gasteiger partial charge in [0.25, 0.3) is 5.91 Å². The van der Waals surface area contributed by atoms with Crippen molar-refractivity contribution in [1.82, 2.24) is 5.32 Å². The minimum Gasteiger partial charge on any atom is -0.376 e. The highest BCUT2D eigenvalue weighted by atomic mass is 19.4. The highest BCUT2D eigenvalue weighted by Crippen LogP contribution is 2.36. The van der Waals surface area contributed by atoms with Crippen LogP contribution >= 0.6 is 0 Å². The number of halogens is 3. The van der Waals surface area contributed by atoms with E-state index >= 15 is 0 Å². The summed E-state index contributed by atoms with van der Waals surface area (Å²) in [6.45, 7) is -0.414. The lowest BCUT2D eigenvalue weighted by atomic mass is 9.83. The second-order valence-electron chi connectivity index (χ2n) is 7.73. The Balaban J connectivity index is 1.70. The van der Waals surface area contributed by atoms with Crippen molar-refractivity contribution in [2.75, 3.05) is 17.2 Å². The zero-order chi connectivity index (χ0) is 23.2. The molecule has 0 unspecified atom stereocenters. The summed E-state index contributed by atoms with van der Waals surface area (Å²) in [7, 11) is 0. The van der Waals surface area contributed by atoms with E-state index in [0.717, 1.165) is 31.4 Å². The van der Waals surface area contributed by atoms with Gasteiger partial charge in [-0.3, -0.25) is 9.59 Å². The van der Waals surface area contributed by atoms with Crippen molar-refractivity contribution >= 4 is 23.2 Å². The van der Waals surface area contributed by atoms with E-state index in [1.54, 1.807) is 30.3 Å². The standard InChI is InChI=1S/C23H23F3N4O2/c24-23(25,26)18-13-17(29-21(32)16-7-3-1-4-8-16)9-10-19(18)28-14-20(31)30-22(15-27)11-5-2-6-12-22/h1,3-4,7-10,13,28H,2,5-6,11-12,14H2,(H,29,32)(H,30,31). The molecule has 9 heteroatoms. The Morgan fingerprint density at radius 3 is 2.34 bits per heavy atom. The molecule has 3 N–H and O–H groups in total. The zero-order valence-electron chi connectivity index (χ0n) is 17.3. The van der Waals surface area contributed by atoms with E-state index in [9.17, 15) is 28.0 Å². The zero-order valence-corrected chi connectivity index (χ0v) is 17.3. The number of hydrogen-bond donors (Lipinski definition) is 3. The van der Waals surface area contributed by atoms with Gasteiger partial charge in [-0.2, -0.15) is 18.4 Å². The third-order valence-electron chi connectivity index (χ3n) is 5.36. The maximum Gasteiger partial charge on any atom is 0.418 e. The third-order valence-corrected chi connectivity index (χ3v) is 5.36. The lowest BCUT2D eigenvalue weighted by molar-refractivity contribution is -0.137. The summed E-state index contributed by atoms with van der Waals surface area (Å²) < 4.78 is 40.8. The van der Waals surface area contributed by atoms with Crippen LogP contribution in [0, 0.1) is 11.3 Å². The predicted octanol–water partition coefficient (Wildman–Crippen LogP) is 4.71. The van der Waals surface area contributed by atoms with E-state index in [0.29, 0.717) is 18.4 Å². The van der Waals surface area contributed by atoms with Gasteiger partial charge in [0.1, 0.15) is 5.54 Å². The molecule has 0 atom stereocenters. The molecule has 6 nitrogen and oxygen atoms in total. The van der Waals surface area contributed by atoms with Crippen molar-refractivity contribution in [2.45, 2.75) is 43.8 Å². The lowest BCUT2D eigenvalue weighted by Crippen LogP contribution is -2.50. The van der Waals surface area contributed by atoms with E-state index in [2.05, 4.69) is 22.0 Å². The molecule has 0 heterocycles. The number of carbonyl (C=O) groups is 2. The number of anilines is 2. The first-order valence-electron chi connectivity index (χ1n) is 10.3. The van der Waals surface area contributed by atoms with E-state index in [1.165, 1.54) is 6.07 Å². The fourth-order valence-electron chi connectivity index (χ4n) is 3.71. The Morgan fingerprint density at radius 1 is 1.03 bits per heavy atom. The van der Waals surface area contributed by atoms with Crippen molar-refractivity contribution in [2.24, 2.45) is 0 Å². The summed E-state index contributed by atoms with van der Waals surface area (Å²) in [5, 5.41) is 17.1. The van der Waals surface area contributed by atoms with Crippen LogP contribution in [0.15, 0.2) is 48.5 Å². The van der Waals surface area contributed by atoms with Gasteiger partial charge in [0, 0.05) is 16.9 Å². The van der Waals surface area contributed by atoms with Gasteiger partial charge in [0.15, 0.2) is 0 Å². The van der Waals surface area contributed by atoms with Crippen LogP contribution in [0.25, 0.3) is 0 Å². The molecular formula is C23H23F3N4O2. The molecular weight excluding hydrogens is 421 g/mol. The smallest absolute Gasteiger partial charge is 0.376 e. The first-order chi connectivity index (χ1) is 15.2. The maximum atomic E-state index is 13.6. The van der Waals surface area contributed by atoms with Crippen molar-refractivity contribution in [3.05, 3.63) is 59.7 Å². The first kappa shape index (κ1) is 23.1. The second-order valence-corrected chi connectivity index (χ2v) is 7.73. The van der Waals surface area contributed by atoms with E-state index in [1.807, 2.05) is 0 Å². The van der Waals surface area contributed by atoms with Crippen LogP contribution in [0.1, 0.15) is 48.0 Å². The van der Waals surface area contributed by atoms with Crippen LogP contribution < -0.4 is 16.0 Å². The van der Waals surface area contributed by atoms with Gasteiger partial charge < -0.3 is 16.0 Å². The fourth-order valence-corrected chi connectivity index (χ4v) is 3.71. The molecule has 3 rings (SSSR count). The summed E-state index contributed by atoms with van der Waals surface area (Å²) in [6, 6.07) is 13.6. The number of carbonyl (C=O) groups excluding carboxylic acids is 2. The second kappa shape index (κ2) is 9.73.